The second kappa shape index (κ2) is 9.58. The maximum Gasteiger partial charge on any atom is 0.251 e. The summed E-state index contributed by atoms with van der Waals surface area (Å²) in [6.07, 6.45) is 8.47. The van der Waals surface area contributed by atoms with Crippen LogP contribution in [-0.4, -0.2) is 41.4 Å². The Hall–Kier alpha value is -2.77. The molecule has 0 aliphatic heterocycles. The van der Waals surface area contributed by atoms with E-state index in [4.69, 9.17) is 28.2 Å². The van der Waals surface area contributed by atoms with E-state index in [1.807, 2.05) is 20.0 Å². The minimum atomic E-state index is -0.135. The number of carbonyl (C=O) groups is 1. The second-order valence-corrected chi connectivity index (χ2v) is 8.29. The Morgan fingerprint density at radius 1 is 1.23 bits per heavy atom. The first kappa shape index (κ1) is 21.5. The van der Waals surface area contributed by atoms with Gasteiger partial charge in [0.25, 0.3) is 5.91 Å². The lowest BCUT2D eigenvalue weighted by molar-refractivity contribution is 0.0953. The smallest absolute Gasteiger partial charge is 0.251 e. The summed E-state index contributed by atoms with van der Waals surface area (Å²) in [4.78, 5) is 17.0. The zero-order valence-corrected chi connectivity index (χ0v) is 18.7. The molecule has 2 heterocycles. The van der Waals surface area contributed by atoms with Crippen LogP contribution in [0.3, 0.4) is 0 Å². The van der Waals surface area contributed by atoms with Crippen LogP contribution in [0.1, 0.15) is 35.3 Å². The molecule has 0 bridgehead atoms. The molecule has 0 fully saturated rings. The third kappa shape index (κ3) is 4.94. The number of nitrogens with zero attached hydrogens (tertiary/aromatic N) is 3. The van der Waals surface area contributed by atoms with Crippen molar-refractivity contribution in [2.45, 2.75) is 19.3 Å². The van der Waals surface area contributed by atoms with Crippen LogP contribution in [0.5, 0.6) is 0 Å². The number of fused-ring (bicyclic) bond motifs is 1. The molecule has 1 amide bonds. The summed E-state index contributed by atoms with van der Waals surface area (Å²) in [5, 5.41) is 12.1. The molecule has 2 aromatic heterocycles. The van der Waals surface area contributed by atoms with Crippen LogP contribution in [-0.2, 0) is 0 Å². The fourth-order valence-corrected chi connectivity index (χ4v) is 3.89. The summed E-state index contributed by atoms with van der Waals surface area (Å²) in [6.45, 7) is 1.20. The Labute approximate surface area is 191 Å². The number of amides is 1. The first-order valence-electron chi connectivity index (χ1n) is 10.2. The van der Waals surface area contributed by atoms with Crippen molar-refractivity contribution in [2.24, 2.45) is 0 Å². The number of rotatable bonds is 7. The molecule has 0 saturated carbocycles. The van der Waals surface area contributed by atoms with Crippen LogP contribution < -0.4 is 16.1 Å². The van der Waals surface area contributed by atoms with Gasteiger partial charge in [0.2, 0.25) is 0 Å². The summed E-state index contributed by atoms with van der Waals surface area (Å²) < 4.78 is 1.80. The van der Waals surface area contributed by atoms with E-state index in [9.17, 15) is 4.79 Å². The molecule has 3 aromatic rings. The van der Waals surface area contributed by atoms with Gasteiger partial charge in [-0.25, -0.2) is 4.98 Å². The predicted octanol–water partition coefficient (Wildman–Crippen LogP) is 3.17. The molecule has 0 atom stereocenters. The molecule has 9 heteroatoms. The summed E-state index contributed by atoms with van der Waals surface area (Å²) in [5.41, 5.74) is 4.13. The molecule has 31 heavy (non-hydrogen) atoms. The fraction of sp³-hybridized carbons (Fsp3) is 0.227. The first-order valence-corrected chi connectivity index (χ1v) is 11.0. The van der Waals surface area contributed by atoms with Gasteiger partial charge < -0.3 is 10.6 Å². The molecule has 1 aromatic carbocycles. The lowest BCUT2D eigenvalue weighted by Gasteiger charge is -2.14. The van der Waals surface area contributed by atoms with Gasteiger partial charge in [-0.1, -0.05) is 41.4 Å². The Balaban J connectivity index is 1.42. The molecule has 1 aliphatic rings. The minimum Gasteiger partial charge on any atom is -0.370 e. The number of aromatic nitrogens is 3. The van der Waals surface area contributed by atoms with E-state index in [1.165, 1.54) is 0 Å². The molecule has 0 unspecified atom stereocenters. The van der Waals surface area contributed by atoms with Crippen molar-refractivity contribution >= 4 is 59.5 Å². The van der Waals surface area contributed by atoms with Crippen LogP contribution in [0, 0.1) is 0 Å². The third-order valence-corrected chi connectivity index (χ3v) is 5.69. The Kier molecular flexibility index (Phi) is 6.63. The van der Waals surface area contributed by atoms with Gasteiger partial charge in [-0.3, -0.25) is 4.79 Å². The number of anilines is 1. The first-order chi connectivity index (χ1) is 15.0. The molecule has 4 rings (SSSR count). The highest BCUT2D eigenvalue weighted by molar-refractivity contribution is 6.36. The lowest BCUT2D eigenvalue weighted by Crippen LogP contribution is -2.26. The van der Waals surface area contributed by atoms with E-state index in [2.05, 4.69) is 21.8 Å². The number of hydrogen-bond acceptors (Lipinski definition) is 4. The van der Waals surface area contributed by atoms with Gasteiger partial charge in [-0.15, -0.1) is 0 Å². The van der Waals surface area contributed by atoms with E-state index in [0.717, 1.165) is 52.5 Å². The summed E-state index contributed by atoms with van der Waals surface area (Å²) >= 11 is 12.4. The van der Waals surface area contributed by atoms with Gasteiger partial charge in [0.05, 0.1) is 5.69 Å². The molecule has 158 valence electrons. The topological polar surface area (TPSA) is 71.3 Å². The van der Waals surface area contributed by atoms with Gasteiger partial charge in [-0.05, 0) is 42.9 Å². The highest BCUT2D eigenvalue weighted by Gasteiger charge is 2.15. The zero-order chi connectivity index (χ0) is 21.8. The third-order valence-electron chi connectivity index (χ3n) is 5.06. The Morgan fingerprint density at radius 2 is 2.10 bits per heavy atom. The number of nitrogens with one attached hydrogen (secondary N) is 2. The average molecular weight is 454 g/mol. The zero-order valence-electron chi connectivity index (χ0n) is 17.2. The van der Waals surface area contributed by atoms with Crippen LogP contribution in [0.15, 0.2) is 53.7 Å². The minimum absolute atomic E-state index is 0.135. The predicted molar refractivity (Wildman–Crippen MR) is 129 cm³/mol. The lowest BCUT2D eigenvalue weighted by atomic mass is 10.00. The number of carbonyl (C=O) groups excluding carboxylic acids is 1. The SMILES string of the molecule is Bc1cnn2c(NCCCNC(=O)c3cccc(Cl)c3)cc(C3=C(Cl)CCC=C3)nc12. The van der Waals surface area contributed by atoms with Crippen LogP contribution >= 0.6 is 23.2 Å². The fourth-order valence-electron chi connectivity index (χ4n) is 3.44. The second-order valence-electron chi connectivity index (χ2n) is 7.40. The summed E-state index contributed by atoms with van der Waals surface area (Å²) in [6, 6.07) is 8.88. The molecular formula is C22H22BCl2N5O. The molecule has 0 spiro atoms. The highest BCUT2D eigenvalue weighted by Crippen LogP contribution is 2.30. The molecule has 6 nitrogen and oxygen atoms in total. The Morgan fingerprint density at radius 3 is 2.90 bits per heavy atom. The van der Waals surface area contributed by atoms with Crippen molar-refractivity contribution in [1.82, 2.24) is 19.9 Å². The van der Waals surface area contributed by atoms with E-state index in [-0.39, 0.29) is 5.91 Å². The maximum atomic E-state index is 12.2. The molecule has 1 aliphatic carbocycles. The molecular weight excluding hydrogens is 432 g/mol. The quantitative estimate of drug-likeness (QED) is 0.425. The number of benzene rings is 1. The van der Waals surface area contributed by atoms with Gasteiger partial charge in [0, 0.05) is 46.5 Å². The van der Waals surface area contributed by atoms with Crippen molar-refractivity contribution in [3.05, 3.63) is 70.0 Å². The van der Waals surface area contributed by atoms with Crippen molar-refractivity contribution in [3.8, 4) is 0 Å². The number of halogens is 2. The van der Waals surface area contributed by atoms with Crippen molar-refractivity contribution < 1.29 is 4.79 Å². The summed E-state index contributed by atoms with van der Waals surface area (Å²) in [7, 11) is 1.99. The van der Waals surface area contributed by atoms with Crippen LogP contribution in [0.25, 0.3) is 11.2 Å². The van der Waals surface area contributed by atoms with Gasteiger partial charge in [-0.2, -0.15) is 9.61 Å². The van der Waals surface area contributed by atoms with Crippen LogP contribution in [0.4, 0.5) is 5.82 Å². The van der Waals surface area contributed by atoms with E-state index >= 15 is 0 Å². The van der Waals surface area contributed by atoms with Crippen molar-refractivity contribution in [1.29, 1.82) is 0 Å². The normalized spacial score (nSPS) is 13.6. The standard InChI is InChI=1S/C22H22BCl2N5O/c23-17-13-28-30-20(12-19(29-21(17)30)16-7-1-2-8-18(16)25)26-9-4-10-27-22(31)14-5-3-6-15(24)11-14/h1,3,5-7,11-13,26H,2,4,8-10,23H2,(H,27,31). The maximum absolute atomic E-state index is 12.2. The Bertz CT molecular complexity index is 1190. The molecule has 2 N–H and O–H groups in total. The molecule has 0 saturated heterocycles. The largest absolute Gasteiger partial charge is 0.370 e. The average Bonchev–Trinajstić information content (AvgIpc) is 3.14. The van der Waals surface area contributed by atoms with E-state index < -0.39 is 0 Å². The van der Waals surface area contributed by atoms with E-state index in [1.54, 1.807) is 35.0 Å². The van der Waals surface area contributed by atoms with Crippen molar-refractivity contribution in [2.75, 3.05) is 18.4 Å². The number of allylic oxidation sites excluding steroid dienone is 4. The van der Waals surface area contributed by atoms with Gasteiger partial charge in [0.15, 0.2) is 5.65 Å². The van der Waals surface area contributed by atoms with E-state index in [0.29, 0.717) is 23.7 Å². The highest BCUT2D eigenvalue weighted by atomic mass is 35.5. The van der Waals surface area contributed by atoms with Gasteiger partial charge >= 0.3 is 0 Å². The van der Waals surface area contributed by atoms with Crippen molar-refractivity contribution in [3.63, 3.8) is 0 Å². The molecule has 0 radical (unpaired) electrons. The van der Waals surface area contributed by atoms with Gasteiger partial charge in [0.1, 0.15) is 13.7 Å². The number of hydrogen-bond donors (Lipinski definition) is 2. The monoisotopic (exact) mass is 453 g/mol. The van der Waals surface area contributed by atoms with Crippen LogP contribution in [0.2, 0.25) is 5.02 Å². The summed E-state index contributed by atoms with van der Waals surface area (Å²) in [5.74, 6) is 0.703.